The summed E-state index contributed by atoms with van der Waals surface area (Å²) in [5.74, 6) is 2.43. The van der Waals surface area contributed by atoms with Crippen LogP contribution >= 0.6 is 0 Å². The van der Waals surface area contributed by atoms with Gasteiger partial charge in [-0.2, -0.15) is 0 Å². The molecule has 2 amide bonds. The molecule has 7 heteroatoms. The largest absolute Gasteiger partial charge is 0.497 e. The van der Waals surface area contributed by atoms with Gasteiger partial charge in [-0.25, -0.2) is 4.79 Å². The van der Waals surface area contributed by atoms with Gasteiger partial charge in [-0.15, -0.1) is 0 Å². The van der Waals surface area contributed by atoms with Crippen LogP contribution in [0.5, 0.6) is 17.2 Å². The summed E-state index contributed by atoms with van der Waals surface area (Å²) in [7, 11) is 1.66. The van der Waals surface area contributed by atoms with Crippen LogP contribution in [0.1, 0.15) is 6.92 Å². The Morgan fingerprint density at radius 3 is 2.07 bits per heavy atom. The molecule has 0 aliphatic carbocycles. The van der Waals surface area contributed by atoms with E-state index in [1.165, 1.54) is 0 Å². The number of benzene rings is 2. The lowest BCUT2D eigenvalue weighted by Crippen LogP contribution is -2.52. The molecule has 2 aromatic rings. The lowest BCUT2D eigenvalue weighted by molar-refractivity contribution is 0.191. The van der Waals surface area contributed by atoms with Gasteiger partial charge in [-0.3, -0.25) is 0 Å². The number of amides is 2. The predicted octanol–water partition coefficient (Wildman–Crippen LogP) is 3.00. The van der Waals surface area contributed by atoms with Crippen molar-refractivity contribution in [1.29, 1.82) is 0 Å². The number of ether oxygens (including phenoxy) is 3. The third-order valence-corrected chi connectivity index (χ3v) is 4.79. The molecule has 1 N–H and O–H groups in total. The first-order chi connectivity index (χ1) is 14.2. The summed E-state index contributed by atoms with van der Waals surface area (Å²) < 4.78 is 16.3. The Morgan fingerprint density at radius 1 is 0.897 bits per heavy atom. The Balaban J connectivity index is 1.35. The molecule has 0 radical (unpaired) electrons. The summed E-state index contributed by atoms with van der Waals surface area (Å²) in [5.41, 5.74) is 1.15. The van der Waals surface area contributed by atoms with Gasteiger partial charge in [-0.1, -0.05) is 0 Å². The molecule has 0 atom stereocenters. The normalized spacial score (nSPS) is 13.7. The SMILES string of the molecule is CCOc1ccc(OCCNC(=O)N2CCN(c3ccc(OC)cc3)CC2)cc1. The second kappa shape index (κ2) is 10.5. The van der Waals surface area contributed by atoms with Gasteiger partial charge in [0.05, 0.1) is 20.3 Å². The van der Waals surface area contributed by atoms with Crippen LogP contribution < -0.4 is 24.4 Å². The highest BCUT2D eigenvalue weighted by atomic mass is 16.5. The molecule has 1 aliphatic heterocycles. The number of rotatable bonds is 8. The molecule has 0 spiro atoms. The molecule has 156 valence electrons. The molecule has 29 heavy (non-hydrogen) atoms. The minimum absolute atomic E-state index is 0.0466. The molecule has 0 unspecified atom stereocenters. The Kier molecular flexibility index (Phi) is 7.44. The maximum absolute atomic E-state index is 12.4. The van der Waals surface area contributed by atoms with Crippen LogP contribution in [0.4, 0.5) is 10.5 Å². The third kappa shape index (κ3) is 5.94. The van der Waals surface area contributed by atoms with E-state index in [1.807, 2.05) is 60.4 Å². The Morgan fingerprint density at radius 2 is 1.48 bits per heavy atom. The monoisotopic (exact) mass is 399 g/mol. The number of anilines is 1. The van der Waals surface area contributed by atoms with E-state index in [0.29, 0.717) is 32.8 Å². The average molecular weight is 399 g/mol. The number of hydrogen-bond acceptors (Lipinski definition) is 5. The molecule has 3 rings (SSSR count). The Bertz CT molecular complexity index is 757. The van der Waals surface area contributed by atoms with Crippen molar-refractivity contribution in [2.45, 2.75) is 6.92 Å². The minimum Gasteiger partial charge on any atom is -0.497 e. The van der Waals surface area contributed by atoms with E-state index < -0.39 is 0 Å². The first-order valence-corrected chi connectivity index (χ1v) is 9.97. The molecular weight excluding hydrogens is 370 g/mol. The number of nitrogens with zero attached hydrogens (tertiary/aromatic N) is 2. The first kappa shape index (κ1) is 20.6. The van der Waals surface area contributed by atoms with E-state index in [1.54, 1.807) is 7.11 Å². The van der Waals surface area contributed by atoms with Crippen LogP contribution in [-0.4, -0.2) is 64.0 Å². The lowest BCUT2D eigenvalue weighted by Gasteiger charge is -2.36. The van der Waals surface area contributed by atoms with Gasteiger partial charge in [0.1, 0.15) is 23.9 Å². The fourth-order valence-electron chi connectivity index (χ4n) is 3.20. The smallest absolute Gasteiger partial charge is 0.317 e. The molecule has 0 bridgehead atoms. The highest BCUT2D eigenvalue weighted by Crippen LogP contribution is 2.20. The van der Waals surface area contributed by atoms with Crippen molar-refractivity contribution in [1.82, 2.24) is 10.2 Å². The van der Waals surface area contributed by atoms with Crippen molar-refractivity contribution < 1.29 is 19.0 Å². The van der Waals surface area contributed by atoms with E-state index >= 15 is 0 Å². The summed E-state index contributed by atoms with van der Waals surface area (Å²) >= 11 is 0. The average Bonchev–Trinajstić information content (AvgIpc) is 2.78. The Hall–Kier alpha value is -3.09. The van der Waals surface area contributed by atoms with E-state index in [2.05, 4.69) is 10.2 Å². The topological polar surface area (TPSA) is 63.3 Å². The molecule has 2 aromatic carbocycles. The van der Waals surface area contributed by atoms with Gasteiger partial charge in [0.2, 0.25) is 0 Å². The number of carbonyl (C=O) groups is 1. The van der Waals surface area contributed by atoms with Crippen LogP contribution in [0.15, 0.2) is 48.5 Å². The summed E-state index contributed by atoms with van der Waals surface area (Å²) in [6.45, 7) is 6.48. The third-order valence-electron chi connectivity index (χ3n) is 4.79. The Labute approximate surface area is 172 Å². The lowest BCUT2D eigenvalue weighted by atomic mass is 10.2. The van der Waals surface area contributed by atoms with E-state index in [-0.39, 0.29) is 6.03 Å². The molecule has 7 nitrogen and oxygen atoms in total. The van der Waals surface area contributed by atoms with E-state index in [0.717, 1.165) is 36.0 Å². The molecule has 1 aliphatic rings. The fourth-order valence-corrected chi connectivity index (χ4v) is 3.20. The predicted molar refractivity (Wildman–Crippen MR) is 113 cm³/mol. The van der Waals surface area contributed by atoms with Crippen LogP contribution in [-0.2, 0) is 0 Å². The molecule has 0 aromatic heterocycles. The van der Waals surface area contributed by atoms with Crippen molar-refractivity contribution in [2.75, 3.05) is 57.9 Å². The van der Waals surface area contributed by atoms with Crippen LogP contribution in [0, 0.1) is 0 Å². The standard InChI is InChI=1S/C22H29N3O4/c1-3-28-20-8-10-21(11-9-20)29-17-12-23-22(26)25-15-13-24(14-16-25)18-4-6-19(27-2)7-5-18/h4-11H,3,12-17H2,1-2H3,(H,23,26). The van der Waals surface area contributed by atoms with Crippen molar-refractivity contribution in [3.63, 3.8) is 0 Å². The fraction of sp³-hybridized carbons (Fsp3) is 0.409. The zero-order valence-electron chi connectivity index (χ0n) is 17.1. The molecule has 1 heterocycles. The summed E-state index contributed by atoms with van der Waals surface area (Å²) in [4.78, 5) is 16.5. The quantitative estimate of drug-likeness (QED) is 0.692. The molecule has 0 saturated carbocycles. The summed E-state index contributed by atoms with van der Waals surface area (Å²) in [6, 6.07) is 15.4. The van der Waals surface area contributed by atoms with E-state index in [4.69, 9.17) is 14.2 Å². The molecule has 1 saturated heterocycles. The van der Waals surface area contributed by atoms with Crippen molar-refractivity contribution in [3.05, 3.63) is 48.5 Å². The van der Waals surface area contributed by atoms with Gasteiger partial charge in [-0.05, 0) is 55.5 Å². The number of hydrogen-bond donors (Lipinski definition) is 1. The minimum atomic E-state index is -0.0466. The maximum atomic E-state index is 12.4. The van der Waals surface area contributed by atoms with Crippen LogP contribution in [0.3, 0.4) is 0 Å². The number of urea groups is 1. The number of nitrogens with one attached hydrogen (secondary N) is 1. The first-order valence-electron chi connectivity index (χ1n) is 9.97. The van der Waals surface area contributed by atoms with Crippen LogP contribution in [0.25, 0.3) is 0 Å². The summed E-state index contributed by atoms with van der Waals surface area (Å²) in [6.07, 6.45) is 0. The van der Waals surface area contributed by atoms with Gasteiger partial charge in [0.25, 0.3) is 0 Å². The second-order valence-electron chi connectivity index (χ2n) is 6.66. The zero-order chi connectivity index (χ0) is 20.5. The van der Waals surface area contributed by atoms with E-state index in [9.17, 15) is 4.79 Å². The van der Waals surface area contributed by atoms with Gasteiger partial charge < -0.3 is 29.3 Å². The number of methoxy groups -OCH3 is 1. The zero-order valence-corrected chi connectivity index (χ0v) is 17.1. The van der Waals surface area contributed by atoms with Crippen molar-refractivity contribution in [3.8, 4) is 17.2 Å². The van der Waals surface area contributed by atoms with Gasteiger partial charge in [0.15, 0.2) is 0 Å². The number of carbonyl (C=O) groups excluding carboxylic acids is 1. The highest BCUT2D eigenvalue weighted by molar-refractivity contribution is 5.74. The maximum Gasteiger partial charge on any atom is 0.317 e. The summed E-state index contributed by atoms with van der Waals surface area (Å²) in [5, 5.41) is 2.93. The number of piperazine rings is 1. The van der Waals surface area contributed by atoms with Crippen LogP contribution in [0.2, 0.25) is 0 Å². The molecule has 1 fully saturated rings. The molecular formula is C22H29N3O4. The second-order valence-corrected chi connectivity index (χ2v) is 6.66. The van der Waals surface area contributed by atoms with Crippen molar-refractivity contribution in [2.24, 2.45) is 0 Å². The highest BCUT2D eigenvalue weighted by Gasteiger charge is 2.21. The van der Waals surface area contributed by atoms with Gasteiger partial charge in [0, 0.05) is 31.9 Å². The van der Waals surface area contributed by atoms with Gasteiger partial charge >= 0.3 is 6.03 Å². The van der Waals surface area contributed by atoms with Crippen molar-refractivity contribution >= 4 is 11.7 Å².